The number of aryl methyl sites for hydroxylation is 2. The van der Waals surface area contributed by atoms with E-state index < -0.39 is 144 Å². The fourth-order valence-electron chi connectivity index (χ4n) is 4.46. The molecule has 0 radical (unpaired) electrons. The summed E-state index contributed by atoms with van der Waals surface area (Å²) >= 11 is -0.797. The number of halogens is 18. The summed E-state index contributed by atoms with van der Waals surface area (Å²) in [4.78, 5) is 24.6. The Hall–Kier alpha value is -4.94. The molecule has 0 amide bonds. The fourth-order valence-corrected chi connectivity index (χ4v) is 5.01. The van der Waals surface area contributed by atoms with Crippen molar-refractivity contribution >= 4 is 11.6 Å². The molecule has 0 aliphatic rings. The first-order chi connectivity index (χ1) is 24.7. The number of hydrogen-bond donors (Lipinski definition) is 0. The van der Waals surface area contributed by atoms with Gasteiger partial charge in [-0.3, -0.25) is 0 Å². The van der Waals surface area contributed by atoms with Crippen molar-refractivity contribution in [1.82, 2.24) is 19.6 Å². The molecule has 27 heteroatoms. The third-order valence-corrected chi connectivity index (χ3v) is 7.33. The van der Waals surface area contributed by atoms with E-state index in [1.165, 1.54) is 0 Å². The Morgan fingerprint density at radius 2 is 0.745 bits per heavy atom. The number of carbonyl (C=O) groups excluding carboxylic acids is 2. The Morgan fingerprint density at radius 3 is 0.964 bits per heavy atom. The molecule has 0 saturated carbocycles. The summed E-state index contributed by atoms with van der Waals surface area (Å²) in [5, 5.41) is 6.66. The summed E-state index contributed by atoms with van der Waals surface area (Å²) in [6, 6.07) is -1.26. The summed E-state index contributed by atoms with van der Waals surface area (Å²) < 4.78 is 253. The second-order valence-electron chi connectivity index (χ2n) is 10.7. The first-order valence-electron chi connectivity index (χ1n) is 13.7. The van der Waals surface area contributed by atoms with E-state index in [9.17, 15) is 88.6 Å². The summed E-state index contributed by atoms with van der Waals surface area (Å²) in [6.07, 6.45) is -34.0. The van der Waals surface area contributed by atoms with Crippen LogP contribution < -0.4 is 7.64 Å². The van der Waals surface area contributed by atoms with Crippen LogP contribution in [-0.2, 0) is 40.3 Å². The zero-order valence-corrected chi connectivity index (χ0v) is 26.9. The molecule has 0 saturated heterocycles. The number of nitrogens with zero attached hydrogens (tertiary/aromatic N) is 4. The van der Waals surface area contributed by atoms with Crippen molar-refractivity contribution in [3.05, 3.63) is 81.2 Å². The molecule has 0 N–H and O–H groups in total. The average Bonchev–Trinajstić information content (AvgIpc) is 3.52. The average molecular weight is 874 g/mol. The molecule has 305 valence electrons. The van der Waals surface area contributed by atoms with Gasteiger partial charge in [0.25, 0.3) is 0 Å². The molecule has 4 aromatic rings. The first kappa shape index (κ1) is 42.8. The van der Waals surface area contributed by atoms with E-state index in [0.29, 0.717) is 13.8 Å². The third-order valence-electron chi connectivity index (χ3n) is 6.81. The minimum absolute atomic E-state index is 0.106. The summed E-state index contributed by atoms with van der Waals surface area (Å²) in [7, 11) is 0. The zero-order chi connectivity index (χ0) is 42.0. The molecule has 2 aromatic carbocycles. The van der Waals surface area contributed by atoms with Crippen molar-refractivity contribution in [1.29, 1.82) is 0 Å². The second-order valence-corrected chi connectivity index (χ2v) is 11.3. The Morgan fingerprint density at radius 1 is 0.491 bits per heavy atom. The predicted molar refractivity (Wildman–Crippen MR) is 139 cm³/mol. The molecule has 55 heavy (non-hydrogen) atoms. The Balaban J connectivity index is 1.96. The number of hydrogen-bond acceptors (Lipinski definition) is 6. The van der Waals surface area contributed by atoms with Gasteiger partial charge in [0.1, 0.15) is 0 Å². The minimum atomic E-state index is -5.88. The van der Waals surface area contributed by atoms with E-state index in [1.807, 2.05) is 0 Å². The molecule has 0 unspecified atom stereocenters. The summed E-state index contributed by atoms with van der Waals surface area (Å²) in [5.41, 5.74) is -16.7. The van der Waals surface area contributed by atoms with Gasteiger partial charge in [0.15, 0.2) is 0 Å². The number of ketones is 2. The van der Waals surface area contributed by atoms with Crippen LogP contribution in [0.2, 0.25) is 0 Å². The zero-order valence-electron chi connectivity index (χ0n) is 26.0. The number of benzene rings is 2. The van der Waals surface area contributed by atoms with Gasteiger partial charge in [-0.25, -0.2) is 0 Å². The quantitative estimate of drug-likeness (QED) is 0.0997. The van der Waals surface area contributed by atoms with Gasteiger partial charge < -0.3 is 0 Å². The Bertz CT molecular complexity index is 1920. The van der Waals surface area contributed by atoms with E-state index in [2.05, 4.69) is 10.2 Å². The van der Waals surface area contributed by atoms with Crippen LogP contribution >= 0.6 is 0 Å². The summed E-state index contributed by atoms with van der Waals surface area (Å²) in [6.45, 7) is 1.16. The van der Waals surface area contributed by atoms with Crippen molar-refractivity contribution < 1.29 is 112 Å². The van der Waals surface area contributed by atoms with Crippen LogP contribution in [0, 0.1) is 13.8 Å². The maximum absolute atomic E-state index is 13.6. The predicted octanol–water partition coefficient (Wildman–Crippen LogP) is 9.61. The van der Waals surface area contributed by atoms with Gasteiger partial charge >= 0.3 is 298 Å². The van der Waals surface area contributed by atoms with Crippen LogP contribution in [0.3, 0.4) is 0 Å². The SMILES string of the molecule is Cc1nn(-c2cc(C(F)(F)F)cc(C(F)(F)F)c2)c([O][Cu][O]c2c(C(=O)C(F)(F)F)c(C)nn2-c2cc(C(F)(F)F)cc(C(F)(F)F)c2)c1C(=O)C(F)(F)F. The number of alkyl halides is 18. The van der Waals surface area contributed by atoms with Crippen LogP contribution in [0.4, 0.5) is 79.0 Å². The van der Waals surface area contributed by atoms with E-state index in [0.717, 1.165) is 0 Å². The monoisotopic (exact) mass is 873 g/mol. The topological polar surface area (TPSA) is 88.2 Å². The third kappa shape index (κ3) is 9.13. The van der Waals surface area contributed by atoms with Crippen molar-refractivity contribution in [3.63, 3.8) is 0 Å². The van der Waals surface area contributed by atoms with Gasteiger partial charge in [-0.15, -0.1) is 0 Å². The fraction of sp³-hybridized carbons (Fsp3) is 0.286. The van der Waals surface area contributed by atoms with Crippen molar-refractivity contribution in [2.45, 2.75) is 50.9 Å². The normalized spacial score (nSPS) is 13.4. The summed E-state index contributed by atoms with van der Waals surface area (Å²) in [5.74, 6) is -9.27. The van der Waals surface area contributed by atoms with E-state index >= 15 is 0 Å². The molecule has 4 rings (SSSR count). The molecular formula is C28H12CuF18N4O4. The van der Waals surface area contributed by atoms with Gasteiger partial charge in [0.05, 0.1) is 0 Å². The maximum atomic E-state index is 13.6. The second kappa shape index (κ2) is 14.0. The van der Waals surface area contributed by atoms with E-state index in [4.69, 9.17) is 7.64 Å². The van der Waals surface area contributed by atoms with Gasteiger partial charge in [0.2, 0.25) is 0 Å². The van der Waals surface area contributed by atoms with Gasteiger partial charge in [0, 0.05) is 0 Å². The molecule has 0 spiro atoms. The van der Waals surface area contributed by atoms with E-state index in [1.54, 1.807) is 0 Å². The number of carbonyl (C=O) groups is 2. The van der Waals surface area contributed by atoms with Gasteiger partial charge in [-0.05, 0) is 0 Å². The number of rotatable bonds is 8. The van der Waals surface area contributed by atoms with Crippen molar-refractivity contribution in [2.75, 3.05) is 0 Å². The molecule has 2 heterocycles. The standard InChI is InChI=1S/2C14H7F9N2O2.Cu/c2*1-5-9(10(26)14(21,22)23)11(27)25(24-5)8-3-6(12(15,16)17)2-7(4-8)13(18,19)20;/h2*2-4,27H,1H3;/q;;+2/p-2. The van der Waals surface area contributed by atoms with Crippen LogP contribution in [0.25, 0.3) is 11.4 Å². The number of Topliss-reactive ketones (excluding diaryl/α,β-unsaturated/α-hetero) is 2. The van der Waals surface area contributed by atoms with Crippen LogP contribution in [0.15, 0.2) is 36.4 Å². The molecule has 0 bridgehead atoms. The van der Waals surface area contributed by atoms with E-state index in [-0.39, 0.29) is 33.6 Å². The molecule has 0 atom stereocenters. The Kier molecular flexibility index (Phi) is 10.9. The van der Waals surface area contributed by atoms with Crippen LogP contribution in [0.5, 0.6) is 11.8 Å². The molecule has 0 aliphatic carbocycles. The first-order valence-corrected chi connectivity index (χ1v) is 14.4. The molecule has 0 aliphatic heterocycles. The molecule has 0 fully saturated rings. The van der Waals surface area contributed by atoms with Crippen LogP contribution in [0.1, 0.15) is 54.4 Å². The van der Waals surface area contributed by atoms with Crippen molar-refractivity contribution in [3.8, 4) is 23.1 Å². The van der Waals surface area contributed by atoms with Crippen LogP contribution in [-0.4, -0.2) is 43.5 Å². The molecular weight excluding hydrogens is 862 g/mol. The van der Waals surface area contributed by atoms with Crippen molar-refractivity contribution in [2.24, 2.45) is 0 Å². The number of aromatic nitrogens is 4. The van der Waals surface area contributed by atoms with Gasteiger partial charge in [-0.2, -0.15) is 0 Å². The van der Waals surface area contributed by atoms with Gasteiger partial charge in [-0.1, -0.05) is 0 Å². The molecule has 8 nitrogen and oxygen atoms in total. The Labute approximate surface area is 298 Å². The molecule has 2 aromatic heterocycles.